The monoisotopic (exact) mass is 411 g/mol. The van der Waals surface area contributed by atoms with Crippen molar-refractivity contribution in [2.75, 3.05) is 13.1 Å². The molecule has 5 heteroatoms. The quantitative estimate of drug-likeness (QED) is 0.697. The molecule has 4 nitrogen and oxygen atoms in total. The molecule has 5 rings (SSSR count). The zero-order chi connectivity index (χ0) is 21.2. The number of nitrogens with zero attached hydrogens (tertiary/aromatic N) is 2. The molecule has 1 amide bonds. The molecule has 0 spiro atoms. The van der Waals surface area contributed by atoms with Gasteiger partial charge in [0, 0.05) is 24.2 Å². The van der Waals surface area contributed by atoms with Gasteiger partial charge in [0.1, 0.15) is 11.5 Å². The van der Waals surface area contributed by atoms with Crippen molar-refractivity contribution in [2.45, 2.75) is 12.6 Å². The van der Waals surface area contributed by atoms with E-state index >= 15 is 0 Å². The van der Waals surface area contributed by atoms with Gasteiger partial charge in [-0.05, 0) is 23.3 Å². The highest BCUT2D eigenvalue weighted by molar-refractivity contribution is 6.19. The normalized spacial score (nSPS) is 18.4. The van der Waals surface area contributed by atoms with Crippen LogP contribution in [0, 0.1) is 5.82 Å². The van der Waals surface area contributed by atoms with Gasteiger partial charge in [-0.3, -0.25) is 9.79 Å². The van der Waals surface area contributed by atoms with Crippen LogP contribution < -0.4 is 5.32 Å². The van der Waals surface area contributed by atoms with E-state index in [1.54, 1.807) is 12.1 Å². The van der Waals surface area contributed by atoms with E-state index in [2.05, 4.69) is 5.32 Å². The molecule has 1 atom stereocenters. The molecule has 0 saturated heterocycles. The number of halogens is 1. The van der Waals surface area contributed by atoms with E-state index in [4.69, 9.17) is 4.99 Å². The average Bonchev–Trinajstić information content (AvgIpc) is 2.94. The minimum atomic E-state index is -0.354. The Labute approximate surface area is 180 Å². The van der Waals surface area contributed by atoms with E-state index in [-0.39, 0.29) is 17.8 Å². The van der Waals surface area contributed by atoms with Crippen molar-refractivity contribution in [3.8, 4) is 0 Å². The molecule has 0 radical (unpaired) electrons. The number of benzene rings is 3. The van der Waals surface area contributed by atoms with Crippen LogP contribution in [0.5, 0.6) is 0 Å². The third-order valence-corrected chi connectivity index (χ3v) is 5.70. The van der Waals surface area contributed by atoms with Crippen LogP contribution >= 0.6 is 0 Å². The summed E-state index contributed by atoms with van der Waals surface area (Å²) in [4.78, 5) is 20.3. The van der Waals surface area contributed by atoms with Crippen LogP contribution in [-0.4, -0.2) is 29.6 Å². The van der Waals surface area contributed by atoms with Crippen molar-refractivity contribution >= 4 is 11.6 Å². The molecule has 0 saturated carbocycles. The second-order valence-corrected chi connectivity index (χ2v) is 7.68. The maximum Gasteiger partial charge on any atom is 0.271 e. The number of nitrogens with one attached hydrogen (secondary N) is 1. The average molecular weight is 411 g/mol. The van der Waals surface area contributed by atoms with Gasteiger partial charge in [-0.1, -0.05) is 72.8 Å². The highest BCUT2D eigenvalue weighted by Gasteiger charge is 2.43. The lowest BCUT2D eigenvalue weighted by Gasteiger charge is -2.28. The topological polar surface area (TPSA) is 44.7 Å². The molecule has 0 aliphatic carbocycles. The Morgan fingerprint density at radius 1 is 0.935 bits per heavy atom. The maximum atomic E-state index is 13.7. The zero-order valence-corrected chi connectivity index (χ0v) is 17.0. The summed E-state index contributed by atoms with van der Waals surface area (Å²) in [6.07, 6.45) is 0. The number of hydrogen-bond donors (Lipinski definition) is 1. The number of rotatable bonds is 4. The summed E-state index contributed by atoms with van der Waals surface area (Å²) in [7, 11) is 0. The molecule has 1 N–H and O–H groups in total. The molecular weight excluding hydrogens is 389 g/mol. The molecule has 0 aromatic heterocycles. The summed E-state index contributed by atoms with van der Waals surface area (Å²) in [5.41, 5.74) is 5.14. The molecule has 2 aliphatic heterocycles. The van der Waals surface area contributed by atoms with Crippen molar-refractivity contribution in [2.24, 2.45) is 4.99 Å². The van der Waals surface area contributed by atoms with Gasteiger partial charge in [0.25, 0.3) is 5.91 Å². The Bertz CT molecular complexity index is 1150. The molecular formula is C26H22FN3O. The van der Waals surface area contributed by atoms with Gasteiger partial charge in [-0.15, -0.1) is 0 Å². The summed E-state index contributed by atoms with van der Waals surface area (Å²) in [5.74, 6) is -0.355. The molecule has 2 aliphatic rings. The fourth-order valence-corrected chi connectivity index (χ4v) is 4.30. The number of carbonyl (C=O) groups excluding carboxylic acids is 1. The van der Waals surface area contributed by atoms with Crippen molar-refractivity contribution in [1.82, 2.24) is 10.2 Å². The highest BCUT2D eigenvalue weighted by Crippen LogP contribution is 2.40. The second-order valence-electron chi connectivity index (χ2n) is 7.68. The van der Waals surface area contributed by atoms with E-state index in [0.29, 0.717) is 25.3 Å². The SMILES string of the molecule is O=C1C2=C(C(c3ccccc3)=NCCN2)C(c2ccc(F)cc2)N1Cc1ccccc1. The summed E-state index contributed by atoms with van der Waals surface area (Å²) in [6, 6.07) is 25.9. The summed E-state index contributed by atoms with van der Waals surface area (Å²) < 4.78 is 13.7. The Hall–Kier alpha value is -3.73. The van der Waals surface area contributed by atoms with E-state index in [1.165, 1.54) is 12.1 Å². The molecule has 1 unspecified atom stereocenters. The molecule has 0 fully saturated rings. The largest absolute Gasteiger partial charge is 0.378 e. The molecule has 154 valence electrons. The molecule has 0 bridgehead atoms. The van der Waals surface area contributed by atoms with Gasteiger partial charge >= 0.3 is 0 Å². The lowest BCUT2D eigenvalue weighted by molar-refractivity contribution is -0.128. The Kier molecular flexibility index (Phi) is 5.08. The van der Waals surface area contributed by atoms with Gasteiger partial charge in [-0.25, -0.2) is 4.39 Å². The summed E-state index contributed by atoms with van der Waals surface area (Å²) in [5, 5.41) is 3.32. The Balaban J connectivity index is 1.65. The Morgan fingerprint density at radius 2 is 1.61 bits per heavy atom. The second kappa shape index (κ2) is 8.19. The van der Waals surface area contributed by atoms with E-state index in [1.807, 2.05) is 65.6 Å². The predicted octanol–water partition coefficient (Wildman–Crippen LogP) is 4.26. The van der Waals surface area contributed by atoms with Crippen LogP contribution in [0.1, 0.15) is 22.7 Å². The van der Waals surface area contributed by atoms with Crippen LogP contribution in [0.4, 0.5) is 4.39 Å². The van der Waals surface area contributed by atoms with Crippen molar-refractivity contribution in [1.29, 1.82) is 0 Å². The number of carbonyl (C=O) groups is 1. The van der Waals surface area contributed by atoms with Crippen molar-refractivity contribution < 1.29 is 9.18 Å². The fraction of sp³-hybridized carbons (Fsp3) is 0.154. The first-order valence-corrected chi connectivity index (χ1v) is 10.4. The van der Waals surface area contributed by atoms with Gasteiger partial charge in [0.2, 0.25) is 0 Å². The van der Waals surface area contributed by atoms with E-state index in [9.17, 15) is 9.18 Å². The van der Waals surface area contributed by atoms with Gasteiger partial charge in [0.15, 0.2) is 0 Å². The smallest absolute Gasteiger partial charge is 0.271 e. The Morgan fingerprint density at radius 3 is 2.32 bits per heavy atom. The van der Waals surface area contributed by atoms with Crippen molar-refractivity contribution in [3.05, 3.63) is 119 Å². The number of amides is 1. The molecule has 31 heavy (non-hydrogen) atoms. The fourth-order valence-electron chi connectivity index (χ4n) is 4.30. The van der Waals surface area contributed by atoms with Crippen LogP contribution in [-0.2, 0) is 11.3 Å². The maximum absolute atomic E-state index is 13.7. The highest BCUT2D eigenvalue weighted by atomic mass is 19.1. The summed E-state index contributed by atoms with van der Waals surface area (Å²) >= 11 is 0. The minimum absolute atomic E-state index is 0.0568. The molecule has 3 aromatic rings. The van der Waals surface area contributed by atoms with Crippen molar-refractivity contribution in [3.63, 3.8) is 0 Å². The lowest BCUT2D eigenvalue weighted by atomic mass is 9.91. The van der Waals surface area contributed by atoms with Crippen LogP contribution in [0.15, 0.2) is 101 Å². The van der Waals surface area contributed by atoms with Crippen LogP contribution in [0.3, 0.4) is 0 Å². The van der Waals surface area contributed by atoms with Gasteiger partial charge < -0.3 is 10.2 Å². The van der Waals surface area contributed by atoms with Crippen LogP contribution in [0.25, 0.3) is 0 Å². The minimum Gasteiger partial charge on any atom is -0.378 e. The van der Waals surface area contributed by atoms with Gasteiger partial charge in [-0.2, -0.15) is 0 Å². The standard InChI is InChI=1S/C26H22FN3O/c27-21-13-11-20(12-14-21)25-22-23(19-9-5-2-6-10-19)28-15-16-29-24(22)26(31)30(25)17-18-7-3-1-4-8-18/h1-14,25,29H,15-17H2. The van der Waals surface area contributed by atoms with E-state index < -0.39 is 0 Å². The van der Waals surface area contributed by atoms with Crippen LogP contribution in [0.2, 0.25) is 0 Å². The predicted molar refractivity (Wildman–Crippen MR) is 119 cm³/mol. The first-order chi connectivity index (χ1) is 15.2. The molecule has 2 heterocycles. The lowest BCUT2D eigenvalue weighted by Crippen LogP contribution is -2.33. The number of aliphatic imine (C=N–C) groups is 1. The number of hydrogen-bond acceptors (Lipinski definition) is 3. The van der Waals surface area contributed by atoms with Gasteiger partial charge in [0.05, 0.1) is 18.3 Å². The molecule has 3 aromatic carbocycles. The summed E-state index contributed by atoms with van der Waals surface area (Å²) in [6.45, 7) is 1.63. The third kappa shape index (κ3) is 3.63. The van der Waals surface area contributed by atoms with E-state index in [0.717, 1.165) is 28.0 Å². The zero-order valence-electron chi connectivity index (χ0n) is 17.0. The first kappa shape index (κ1) is 19.2. The first-order valence-electron chi connectivity index (χ1n) is 10.4. The third-order valence-electron chi connectivity index (χ3n) is 5.70.